The number of alkyl carbamates (subject to hydrolysis) is 1. The van der Waals surface area contributed by atoms with Crippen LogP contribution in [0.15, 0.2) is 36.5 Å². The summed E-state index contributed by atoms with van der Waals surface area (Å²) >= 11 is 0. The monoisotopic (exact) mass is 769 g/mol. The molecular weight excluding hydrogens is 711 g/mol. The molecule has 3 aromatic rings. The van der Waals surface area contributed by atoms with Crippen molar-refractivity contribution in [3.63, 3.8) is 0 Å². The van der Waals surface area contributed by atoms with Crippen molar-refractivity contribution in [1.82, 2.24) is 25.4 Å². The van der Waals surface area contributed by atoms with E-state index < -0.39 is 35.3 Å². The molecule has 0 spiro atoms. The molecule has 2 aromatic heterocycles. The van der Waals surface area contributed by atoms with Crippen molar-refractivity contribution in [2.24, 2.45) is 16.2 Å². The third kappa shape index (κ3) is 8.09. The number of benzene rings is 1. The van der Waals surface area contributed by atoms with Gasteiger partial charge in [-0.2, -0.15) is 5.10 Å². The highest BCUT2D eigenvalue weighted by Gasteiger charge is 2.66. The van der Waals surface area contributed by atoms with E-state index in [-0.39, 0.29) is 33.1 Å². The molecule has 1 aliphatic heterocycles. The Kier molecular flexibility index (Phi) is 9.96. The Hall–Kier alpha value is -4.29. The number of carbonyl (C=O) groups is 3. The molecule has 12 nitrogen and oxygen atoms in total. The lowest BCUT2D eigenvalue weighted by molar-refractivity contribution is -0.247. The first-order valence-corrected chi connectivity index (χ1v) is 20.1. The van der Waals surface area contributed by atoms with Crippen LogP contribution in [0.3, 0.4) is 0 Å². The second-order valence-electron chi connectivity index (χ2n) is 19.9. The molecule has 8 rings (SSSR count). The van der Waals surface area contributed by atoms with Gasteiger partial charge in [-0.05, 0) is 139 Å². The fourth-order valence-corrected chi connectivity index (χ4v) is 11.5. The zero-order valence-corrected chi connectivity index (χ0v) is 34.6. The van der Waals surface area contributed by atoms with Gasteiger partial charge < -0.3 is 30.0 Å². The molecule has 1 aromatic carbocycles. The standard InChI is InChI=1S/C44H59N5O7/c1-27-31(29-13-14-32(48-34(29)37(52)55-39(2,3)4)35-33-28(15-16-45-35)11-10-12-30(33)36(50)51)19-47-49(27)26-43-21-41(8)20-42(9,22-43)24-44(23-41,25-43)54-18-17-46-38(53)56-40(5,6)7/h10-14,19,35,45H,15-18,20-26H2,1-9H3,(H,46,53)(H,50,51). The SMILES string of the molecule is Cc1c(-c2ccc(C3NCCc4cccc(C(=O)O)c43)nc2C(=O)OC(C)(C)C)cnn1CC12CC3(C)CC(C)(C1)CC(OCCNC(=O)OC(C)(C)C)(C3)C2. The minimum atomic E-state index is -1.00. The average Bonchev–Trinajstić information content (AvgIpc) is 3.41. The van der Waals surface area contributed by atoms with Gasteiger partial charge in [0, 0.05) is 36.5 Å². The van der Waals surface area contributed by atoms with Gasteiger partial charge in [0.25, 0.3) is 0 Å². The zero-order chi connectivity index (χ0) is 40.5. The van der Waals surface area contributed by atoms with Gasteiger partial charge in [0.1, 0.15) is 11.2 Å². The minimum Gasteiger partial charge on any atom is -0.478 e. The Morgan fingerprint density at radius 2 is 1.62 bits per heavy atom. The van der Waals surface area contributed by atoms with Crippen LogP contribution in [-0.2, 0) is 27.2 Å². The van der Waals surface area contributed by atoms with Crippen molar-refractivity contribution in [3.8, 4) is 11.1 Å². The third-order valence-electron chi connectivity index (χ3n) is 12.0. The van der Waals surface area contributed by atoms with Crippen molar-refractivity contribution in [1.29, 1.82) is 0 Å². The Morgan fingerprint density at radius 1 is 0.929 bits per heavy atom. The highest BCUT2D eigenvalue weighted by Crippen LogP contribution is 2.72. The van der Waals surface area contributed by atoms with E-state index in [2.05, 4.69) is 29.2 Å². The number of carbonyl (C=O) groups excluding carboxylic acids is 2. The molecule has 0 saturated heterocycles. The number of amides is 1. The van der Waals surface area contributed by atoms with Crippen molar-refractivity contribution in [2.75, 3.05) is 19.7 Å². The summed E-state index contributed by atoms with van der Waals surface area (Å²) in [6, 6.07) is 8.62. The normalized spacial score (nSPS) is 28.1. The molecule has 0 radical (unpaired) electrons. The van der Waals surface area contributed by atoms with Crippen LogP contribution in [0, 0.1) is 23.2 Å². The molecule has 1 amide bonds. The van der Waals surface area contributed by atoms with Crippen molar-refractivity contribution in [3.05, 3.63) is 70.3 Å². The fourth-order valence-electron chi connectivity index (χ4n) is 11.5. The molecule has 3 heterocycles. The second kappa shape index (κ2) is 14.0. The highest BCUT2D eigenvalue weighted by atomic mass is 16.6. The van der Waals surface area contributed by atoms with E-state index >= 15 is 0 Å². The predicted molar refractivity (Wildman–Crippen MR) is 212 cm³/mol. The molecule has 4 bridgehead atoms. The van der Waals surface area contributed by atoms with Gasteiger partial charge >= 0.3 is 18.0 Å². The number of nitrogens with one attached hydrogen (secondary N) is 2. The van der Waals surface area contributed by atoms with E-state index in [0.717, 1.165) is 61.9 Å². The Balaban J connectivity index is 1.18. The number of rotatable bonds is 10. The van der Waals surface area contributed by atoms with Crippen molar-refractivity contribution >= 4 is 18.0 Å². The van der Waals surface area contributed by atoms with Crippen LogP contribution in [0.25, 0.3) is 11.1 Å². The number of esters is 1. The predicted octanol–water partition coefficient (Wildman–Crippen LogP) is 7.80. The molecule has 5 aliphatic rings. The van der Waals surface area contributed by atoms with Gasteiger partial charge in [-0.1, -0.05) is 26.0 Å². The van der Waals surface area contributed by atoms with Crippen LogP contribution in [0.4, 0.5) is 4.79 Å². The number of aromatic nitrogens is 3. The largest absolute Gasteiger partial charge is 0.478 e. The van der Waals surface area contributed by atoms with Gasteiger partial charge in [0.2, 0.25) is 0 Å². The summed E-state index contributed by atoms with van der Waals surface area (Å²) in [5.74, 6) is -1.55. The summed E-state index contributed by atoms with van der Waals surface area (Å²) in [5, 5.41) is 21.4. The van der Waals surface area contributed by atoms with Crippen LogP contribution in [-0.4, -0.2) is 74.4 Å². The number of nitrogens with zero attached hydrogens (tertiary/aromatic N) is 3. The third-order valence-corrected chi connectivity index (χ3v) is 12.0. The molecule has 12 heteroatoms. The van der Waals surface area contributed by atoms with E-state index in [1.165, 1.54) is 0 Å². The summed E-state index contributed by atoms with van der Waals surface area (Å²) in [6.45, 7) is 20.1. The molecule has 56 heavy (non-hydrogen) atoms. The molecule has 3 N–H and O–H groups in total. The number of hydrogen-bond acceptors (Lipinski definition) is 9. The van der Waals surface area contributed by atoms with Crippen LogP contribution in [0.2, 0.25) is 0 Å². The quantitative estimate of drug-likeness (QED) is 0.138. The van der Waals surface area contributed by atoms with E-state index in [1.54, 1.807) is 12.1 Å². The fraction of sp³-hybridized carbons (Fsp3) is 0.614. The second-order valence-corrected chi connectivity index (χ2v) is 19.9. The molecule has 4 fully saturated rings. The summed E-state index contributed by atoms with van der Waals surface area (Å²) in [5.41, 5.74) is 3.53. The van der Waals surface area contributed by atoms with Crippen molar-refractivity contribution < 1.29 is 33.7 Å². The lowest BCUT2D eigenvalue weighted by Gasteiger charge is -2.69. The number of ether oxygens (including phenoxy) is 3. The lowest BCUT2D eigenvalue weighted by Crippen LogP contribution is -2.64. The lowest BCUT2D eigenvalue weighted by atomic mass is 9.39. The number of carboxylic acid groups (broad SMARTS) is 1. The number of carboxylic acids is 1. The number of pyridine rings is 1. The molecule has 3 unspecified atom stereocenters. The first kappa shape index (κ1) is 39.9. The molecule has 302 valence electrons. The van der Waals surface area contributed by atoms with Gasteiger partial charge in [-0.3, -0.25) is 4.68 Å². The zero-order valence-electron chi connectivity index (χ0n) is 34.6. The maximum absolute atomic E-state index is 14.0. The minimum absolute atomic E-state index is 0.0388. The smallest absolute Gasteiger partial charge is 0.407 e. The topological polar surface area (TPSA) is 154 Å². The average molecular weight is 770 g/mol. The molecule has 4 saturated carbocycles. The van der Waals surface area contributed by atoms with E-state index in [1.807, 2.05) is 72.9 Å². The molecule has 3 atom stereocenters. The first-order valence-electron chi connectivity index (χ1n) is 20.1. The summed E-state index contributed by atoms with van der Waals surface area (Å²) in [7, 11) is 0. The van der Waals surface area contributed by atoms with Crippen LogP contribution in [0.1, 0.15) is 143 Å². The van der Waals surface area contributed by atoms with Gasteiger partial charge in [0.15, 0.2) is 5.69 Å². The Labute approximate surface area is 330 Å². The van der Waals surface area contributed by atoms with Crippen LogP contribution in [0.5, 0.6) is 0 Å². The Morgan fingerprint density at radius 3 is 2.29 bits per heavy atom. The summed E-state index contributed by atoms with van der Waals surface area (Å²) in [4.78, 5) is 43.5. The number of fused-ring (bicyclic) bond motifs is 1. The molecule has 4 aliphatic carbocycles. The summed E-state index contributed by atoms with van der Waals surface area (Å²) < 4.78 is 20.2. The number of hydrogen-bond donors (Lipinski definition) is 3. The highest BCUT2D eigenvalue weighted by molar-refractivity contribution is 5.96. The maximum atomic E-state index is 14.0. The maximum Gasteiger partial charge on any atom is 0.407 e. The Bertz CT molecular complexity index is 2020. The van der Waals surface area contributed by atoms with Gasteiger partial charge in [0.05, 0.1) is 35.7 Å². The van der Waals surface area contributed by atoms with E-state index in [4.69, 9.17) is 24.3 Å². The van der Waals surface area contributed by atoms with E-state index in [9.17, 15) is 19.5 Å². The first-order chi connectivity index (χ1) is 26.1. The number of aromatic carboxylic acids is 1. The van der Waals surface area contributed by atoms with Gasteiger partial charge in [-0.25, -0.2) is 19.4 Å². The van der Waals surface area contributed by atoms with Crippen LogP contribution < -0.4 is 10.6 Å². The molecular formula is C44H59N5O7. The van der Waals surface area contributed by atoms with Crippen molar-refractivity contribution in [2.45, 2.75) is 137 Å². The van der Waals surface area contributed by atoms with E-state index in [0.29, 0.717) is 42.9 Å². The summed E-state index contributed by atoms with van der Waals surface area (Å²) in [6.07, 6.45) is 8.33. The van der Waals surface area contributed by atoms with Crippen LogP contribution >= 0.6 is 0 Å². The van der Waals surface area contributed by atoms with Gasteiger partial charge in [-0.15, -0.1) is 0 Å².